The van der Waals surface area contributed by atoms with Crippen molar-refractivity contribution in [2.45, 2.75) is 38.1 Å². The third-order valence-corrected chi connectivity index (χ3v) is 3.92. The van der Waals surface area contributed by atoms with Gasteiger partial charge in [-0.05, 0) is 50.0 Å². The van der Waals surface area contributed by atoms with Gasteiger partial charge in [0.1, 0.15) is 5.82 Å². The van der Waals surface area contributed by atoms with E-state index in [0.29, 0.717) is 12.5 Å². The van der Waals surface area contributed by atoms with E-state index >= 15 is 0 Å². The fourth-order valence-corrected chi connectivity index (χ4v) is 2.85. The van der Waals surface area contributed by atoms with Gasteiger partial charge in [-0.25, -0.2) is 4.39 Å². The molecule has 0 aromatic heterocycles. The maximum atomic E-state index is 13.0. The summed E-state index contributed by atoms with van der Waals surface area (Å²) in [5.74, 6) is -0.345. The first kappa shape index (κ1) is 15.0. The molecule has 2 rings (SSSR count). The van der Waals surface area contributed by atoms with Gasteiger partial charge in [-0.3, -0.25) is 9.69 Å². The number of benzene rings is 1. The second-order valence-corrected chi connectivity index (χ2v) is 5.28. The maximum absolute atomic E-state index is 13.0. The van der Waals surface area contributed by atoms with E-state index in [9.17, 15) is 9.18 Å². The molecular formula is C16H22FNO2. The van der Waals surface area contributed by atoms with Crippen LogP contribution in [-0.4, -0.2) is 31.1 Å². The topological polar surface area (TPSA) is 29.5 Å². The number of likely N-dealkylation sites (tertiary alicyclic amines) is 1. The molecule has 1 saturated heterocycles. The van der Waals surface area contributed by atoms with Crippen molar-refractivity contribution in [1.82, 2.24) is 4.90 Å². The molecule has 1 aliphatic rings. The Morgan fingerprint density at radius 1 is 1.35 bits per heavy atom. The highest BCUT2D eigenvalue weighted by atomic mass is 19.1. The van der Waals surface area contributed by atoms with Crippen LogP contribution in [-0.2, 0) is 9.53 Å². The SMILES string of the molecule is COC(=O)CCCN1CCCC[C@H]1c1ccc(F)cc1. The third kappa shape index (κ3) is 4.04. The van der Waals surface area contributed by atoms with Crippen LogP contribution >= 0.6 is 0 Å². The zero-order valence-electron chi connectivity index (χ0n) is 12.0. The minimum atomic E-state index is -0.193. The van der Waals surface area contributed by atoms with Crippen LogP contribution < -0.4 is 0 Å². The molecule has 0 N–H and O–H groups in total. The largest absolute Gasteiger partial charge is 0.469 e. The Kier molecular flexibility index (Phi) is 5.53. The Balaban J connectivity index is 1.94. The van der Waals surface area contributed by atoms with Gasteiger partial charge in [0.2, 0.25) is 0 Å². The van der Waals surface area contributed by atoms with E-state index in [1.54, 1.807) is 0 Å². The first-order valence-electron chi connectivity index (χ1n) is 7.27. The molecule has 1 heterocycles. The lowest BCUT2D eigenvalue weighted by Crippen LogP contribution is -2.34. The summed E-state index contributed by atoms with van der Waals surface area (Å²) in [7, 11) is 1.42. The molecule has 1 aromatic rings. The minimum absolute atomic E-state index is 0.152. The molecule has 0 unspecified atom stereocenters. The van der Waals surface area contributed by atoms with Gasteiger partial charge in [0.15, 0.2) is 0 Å². The summed E-state index contributed by atoms with van der Waals surface area (Å²) >= 11 is 0. The molecule has 0 spiro atoms. The van der Waals surface area contributed by atoms with Gasteiger partial charge in [0, 0.05) is 12.5 Å². The molecule has 110 valence electrons. The normalized spacial score (nSPS) is 19.8. The summed E-state index contributed by atoms with van der Waals surface area (Å²) in [5.41, 5.74) is 1.17. The second-order valence-electron chi connectivity index (χ2n) is 5.28. The van der Waals surface area contributed by atoms with Crippen molar-refractivity contribution >= 4 is 5.97 Å². The van der Waals surface area contributed by atoms with Crippen LogP contribution in [0, 0.1) is 5.82 Å². The number of ether oxygens (including phenoxy) is 1. The van der Waals surface area contributed by atoms with Crippen molar-refractivity contribution in [1.29, 1.82) is 0 Å². The predicted molar refractivity (Wildman–Crippen MR) is 75.8 cm³/mol. The summed E-state index contributed by atoms with van der Waals surface area (Å²) < 4.78 is 17.7. The number of esters is 1. The smallest absolute Gasteiger partial charge is 0.305 e. The predicted octanol–water partition coefficient (Wildman–Crippen LogP) is 3.31. The number of piperidine rings is 1. The van der Waals surface area contributed by atoms with Crippen molar-refractivity contribution in [2.75, 3.05) is 20.2 Å². The van der Waals surface area contributed by atoms with Crippen LogP contribution in [0.2, 0.25) is 0 Å². The van der Waals surface area contributed by atoms with E-state index in [1.165, 1.54) is 37.6 Å². The average molecular weight is 279 g/mol. The number of nitrogens with zero attached hydrogens (tertiary/aromatic N) is 1. The van der Waals surface area contributed by atoms with E-state index in [4.69, 9.17) is 0 Å². The van der Waals surface area contributed by atoms with Gasteiger partial charge in [-0.2, -0.15) is 0 Å². The standard InChI is InChI=1S/C16H22FNO2/c1-20-16(19)6-4-12-18-11-3-2-5-15(18)13-7-9-14(17)10-8-13/h7-10,15H,2-6,11-12H2,1H3/t15-/m0/s1. The van der Waals surface area contributed by atoms with Crippen molar-refractivity contribution < 1.29 is 13.9 Å². The number of methoxy groups -OCH3 is 1. The third-order valence-electron chi connectivity index (χ3n) is 3.92. The highest BCUT2D eigenvalue weighted by Crippen LogP contribution is 2.31. The van der Waals surface area contributed by atoms with Gasteiger partial charge in [-0.1, -0.05) is 18.6 Å². The van der Waals surface area contributed by atoms with Crippen LogP contribution in [0.5, 0.6) is 0 Å². The zero-order valence-corrected chi connectivity index (χ0v) is 12.0. The molecule has 0 bridgehead atoms. The summed E-state index contributed by atoms with van der Waals surface area (Å²) in [5, 5.41) is 0. The first-order valence-corrected chi connectivity index (χ1v) is 7.27. The van der Waals surface area contributed by atoms with E-state index in [2.05, 4.69) is 9.64 Å². The van der Waals surface area contributed by atoms with Crippen LogP contribution in [0.25, 0.3) is 0 Å². The Morgan fingerprint density at radius 2 is 2.10 bits per heavy atom. The van der Waals surface area contributed by atoms with Crippen molar-refractivity contribution in [3.05, 3.63) is 35.6 Å². The minimum Gasteiger partial charge on any atom is -0.469 e. The van der Waals surface area contributed by atoms with Crippen LogP contribution in [0.15, 0.2) is 24.3 Å². The van der Waals surface area contributed by atoms with E-state index in [-0.39, 0.29) is 11.8 Å². The van der Waals surface area contributed by atoms with Crippen molar-refractivity contribution in [3.8, 4) is 0 Å². The summed E-state index contributed by atoms with van der Waals surface area (Å²) in [6, 6.07) is 7.15. The molecule has 0 radical (unpaired) electrons. The Labute approximate surface area is 119 Å². The van der Waals surface area contributed by atoms with Gasteiger partial charge < -0.3 is 4.74 Å². The van der Waals surface area contributed by atoms with Crippen LogP contribution in [0.4, 0.5) is 4.39 Å². The number of halogens is 1. The maximum Gasteiger partial charge on any atom is 0.305 e. The molecule has 0 amide bonds. The molecule has 1 aliphatic heterocycles. The highest BCUT2D eigenvalue weighted by Gasteiger charge is 2.23. The number of carbonyl (C=O) groups excluding carboxylic acids is 1. The van der Waals surface area contributed by atoms with Crippen molar-refractivity contribution in [2.24, 2.45) is 0 Å². The van der Waals surface area contributed by atoms with Crippen LogP contribution in [0.3, 0.4) is 0 Å². The highest BCUT2D eigenvalue weighted by molar-refractivity contribution is 5.69. The lowest BCUT2D eigenvalue weighted by Gasteiger charge is -2.36. The Hall–Kier alpha value is -1.42. The van der Waals surface area contributed by atoms with E-state index in [1.807, 2.05) is 12.1 Å². The van der Waals surface area contributed by atoms with E-state index < -0.39 is 0 Å². The van der Waals surface area contributed by atoms with Gasteiger partial charge in [0.05, 0.1) is 7.11 Å². The zero-order chi connectivity index (χ0) is 14.4. The summed E-state index contributed by atoms with van der Waals surface area (Å²) in [4.78, 5) is 13.6. The van der Waals surface area contributed by atoms with Gasteiger partial charge >= 0.3 is 5.97 Å². The number of hydrogen-bond donors (Lipinski definition) is 0. The lowest BCUT2D eigenvalue weighted by molar-refractivity contribution is -0.140. The van der Waals surface area contributed by atoms with E-state index in [0.717, 1.165) is 25.9 Å². The molecule has 3 nitrogen and oxygen atoms in total. The fraction of sp³-hybridized carbons (Fsp3) is 0.562. The average Bonchev–Trinajstić information content (AvgIpc) is 2.48. The lowest BCUT2D eigenvalue weighted by atomic mass is 9.95. The molecule has 4 heteroatoms. The molecule has 0 aliphatic carbocycles. The van der Waals surface area contributed by atoms with Gasteiger partial charge in [0.25, 0.3) is 0 Å². The quantitative estimate of drug-likeness (QED) is 0.774. The Morgan fingerprint density at radius 3 is 2.80 bits per heavy atom. The number of carbonyl (C=O) groups is 1. The molecule has 20 heavy (non-hydrogen) atoms. The molecule has 1 atom stereocenters. The number of rotatable bonds is 5. The molecule has 0 saturated carbocycles. The first-order chi connectivity index (χ1) is 9.70. The molecular weight excluding hydrogens is 257 g/mol. The Bertz CT molecular complexity index is 433. The monoisotopic (exact) mass is 279 g/mol. The second kappa shape index (κ2) is 7.39. The molecule has 1 fully saturated rings. The van der Waals surface area contributed by atoms with Crippen LogP contribution in [0.1, 0.15) is 43.7 Å². The number of hydrogen-bond acceptors (Lipinski definition) is 3. The van der Waals surface area contributed by atoms with Crippen molar-refractivity contribution in [3.63, 3.8) is 0 Å². The molecule has 1 aromatic carbocycles. The summed E-state index contributed by atoms with van der Waals surface area (Å²) in [6.45, 7) is 1.93. The fourth-order valence-electron chi connectivity index (χ4n) is 2.85. The summed E-state index contributed by atoms with van der Waals surface area (Å²) in [6.07, 6.45) is 4.77. The van der Waals surface area contributed by atoms with Gasteiger partial charge in [-0.15, -0.1) is 0 Å².